The van der Waals surface area contributed by atoms with Crippen LogP contribution in [-0.2, 0) is 19.1 Å². The van der Waals surface area contributed by atoms with Crippen molar-refractivity contribution in [1.29, 1.82) is 0 Å². The average Bonchev–Trinajstić information content (AvgIpc) is 2.96. The summed E-state index contributed by atoms with van der Waals surface area (Å²) in [6.07, 6.45) is -0.898. The first-order valence-electron chi connectivity index (χ1n) is 9.16. The molecule has 9 nitrogen and oxygen atoms in total. The standard InChI is InChI=1S/C18H28O9/c19-9-13-15(23)16(24)17(25)18(27-13)26-7-3-1-2-4-11-10(8-14(21)22)5-6-12(11)20/h1-2,10-11,13,15-19,23-25H,3-9H2,(H,21,22)/b2-1-/t10-,11-,13-,15-,16+,17-,18-/m0/s1. The quantitative estimate of drug-likeness (QED) is 0.252. The molecule has 1 aliphatic heterocycles. The fraction of sp³-hybridized carbons (Fsp3) is 0.778. The molecule has 27 heavy (non-hydrogen) atoms. The maximum Gasteiger partial charge on any atom is 0.303 e. The predicted molar refractivity (Wildman–Crippen MR) is 91.6 cm³/mol. The topological polar surface area (TPSA) is 154 Å². The molecule has 2 aliphatic rings. The third-order valence-corrected chi connectivity index (χ3v) is 5.15. The number of hydrogen-bond acceptors (Lipinski definition) is 8. The van der Waals surface area contributed by atoms with Gasteiger partial charge >= 0.3 is 5.97 Å². The summed E-state index contributed by atoms with van der Waals surface area (Å²) in [6.45, 7) is -0.353. The van der Waals surface area contributed by atoms with Gasteiger partial charge in [0.2, 0.25) is 0 Å². The van der Waals surface area contributed by atoms with E-state index in [4.69, 9.17) is 19.7 Å². The van der Waals surface area contributed by atoms with Crippen LogP contribution in [0.2, 0.25) is 0 Å². The molecule has 9 heteroatoms. The van der Waals surface area contributed by atoms with E-state index in [1.54, 1.807) is 6.08 Å². The second kappa shape index (κ2) is 10.3. The molecule has 1 saturated heterocycles. The van der Waals surface area contributed by atoms with Crippen LogP contribution >= 0.6 is 0 Å². The van der Waals surface area contributed by atoms with Crippen LogP contribution in [0.3, 0.4) is 0 Å². The van der Waals surface area contributed by atoms with Gasteiger partial charge in [0.05, 0.1) is 13.2 Å². The van der Waals surface area contributed by atoms with Crippen LogP contribution in [-0.4, -0.2) is 81.2 Å². The molecule has 0 bridgehead atoms. The summed E-state index contributed by atoms with van der Waals surface area (Å²) in [4.78, 5) is 22.7. The number of aliphatic hydroxyl groups is 4. The summed E-state index contributed by atoms with van der Waals surface area (Å²) in [5.41, 5.74) is 0. The summed E-state index contributed by atoms with van der Waals surface area (Å²) >= 11 is 0. The normalized spacial score (nSPS) is 37.2. The van der Waals surface area contributed by atoms with Crippen LogP contribution in [0.25, 0.3) is 0 Å². The molecule has 0 aromatic heterocycles. The van der Waals surface area contributed by atoms with Crippen LogP contribution in [0.15, 0.2) is 12.2 Å². The Bertz CT molecular complexity index is 533. The lowest BCUT2D eigenvalue weighted by Crippen LogP contribution is -2.59. The number of carboxylic acid groups (broad SMARTS) is 1. The Hall–Kier alpha value is -1.36. The zero-order chi connectivity index (χ0) is 20.0. The van der Waals surface area contributed by atoms with E-state index in [1.807, 2.05) is 6.08 Å². The van der Waals surface area contributed by atoms with Crippen molar-refractivity contribution in [3.05, 3.63) is 12.2 Å². The number of carboxylic acids is 1. The maximum absolute atomic E-state index is 11.9. The van der Waals surface area contributed by atoms with Gasteiger partial charge in [0.25, 0.3) is 0 Å². The molecule has 1 heterocycles. The number of aliphatic carboxylic acids is 1. The van der Waals surface area contributed by atoms with E-state index in [-0.39, 0.29) is 30.6 Å². The molecule has 0 radical (unpaired) electrons. The summed E-state index contributed by atoms with van der Waals surface area (Å²) in [6, 6.07) is 0. The molecular formula is C18H28O9. The molecule has 2 fully saturated rings. The SMILES string of the molecule is O=C(O)C[C@@H]1CCC(=O)[C@H]1C/C=C\CCO[C@H]1O[C@@H](CO)[C@H](O)[C@@H](O)[C@@H]1O. The highest BCUT2D eigenvalue weighted by Gasteiger charge is 2.43. The molecule has 1 saturated carbocycles. The number of rotatable bonds is 9. The highest BCUT2D eigenvalue weighted by Crippen LogP contribution is 2.34. The first-order valence-corrected chi connectivity index (χ1v) is 9.16. The van der Waals surface area contributed by atoms with Crippen molar-refractivity contribution in [1.82, 2.24) is 0 Å². The van der Waals surface area contributed by atoms with Gasteiger partial charge in [-0.25, -0.2) is 0 Å². The van der Waals surface area contributed by atoms with Crippen LogP contribution in [0.1, 0.15) is 32.1 Å². The van der Waals surface area contributed by atoms with Crippen LogP contribution in [0.5, 0.6) is 0 Å². The van der Waals surface area contributed by atoms with E-state index in [1.165, 1.54) is 0 Å². The second-order valence-corrected chi connectivity index (χ2v) is 7.03. The molecule has 5 N–H and O–H groups in total. The molecule has 0 unspecified atom stereocenters. The number of carbonyl (C=O) groups excluding carboxylic acids is 1. The minimum absolute atomic E-state index is 0.00443. The molecule has 0 amide bonds. The molecule has 0 aromatic rings. The summed E-state index contributed by atoms with van der Waals surface area (Å²) in [5, 5.41) is 47.3. The third kappa shape index (κ3) is 5.81. The molecule has 1 aliphatic carbocycles. The van der Waals surface area contributed by atoms with Gasteiger partial charge in [-0.1, -0.05) is 12.2 Å². The number of aliphatic hydroxyl groups excluding tert-OH is 4. The molecule has 2 rings (SSSR count). The fourth-order valence-corrected chi connectivity index (χ4v) is 3.59. The maximum atomic E-state index is 11.9. The van der Waals surface area contributed by atoms with E-state index >= 15 is 0 Å². The van der Waals surface area contributed by atoms with E-state index in [0.29, 0.717) is 25.7 Å². The van der Waals surface area contributed by atoms with E-state index in [0.717, 1.165) is 0 Å². The zero-order valence-electron chi connectivity index (χ0n) is 15.0. The van der Waals surface area contributed by atoms with Crippen molar-refractivity contribution in [2.45, 2.75) is 62.8 Å². The Morgan fingerprint density at radius 1 is 1.19 bits per heavy atom. The van der Waals surface area contributed by atoms with Crippen molar-refractivity contribution in [3.63, 3.8) is 0 Å². The highest BCUT2D eigenvalue weighted by molar-refractivity contribution is 5.84. The first kappa shape index (κ1) is 21.9. The van der Waals surface area contributed by atoms with Crippen molar-refractivity contribution < 1.29 is 44.6 Å². The second-order valence-electron chi connectivity index (χ2n) is 7.03. The number of Topliss-reactive ketones (excluding diaryl/α,β-unsaturated/α-hetero) is 1. The Labute approximate surface area is 157 Å². The highest BCUT2D eigenvalue weighted by atomic mass is 16.7. The Morgan fingerprint density at radius 2 is 1.93 bits per heavy atom. The Morgan fingerprint density at radius 3 is 2.59 bits per heavy atom. The minimum Gasteiger partial charge on any atom is -0.481 e. The van der Waals surface area contributed by atoms with Gasteiger partial charge < -0.3 is 35.0 Å². The molecule has 0 aromatic carbocycles. The van der Waals surface area contributed by atoms with E-state index < -0.39 is 43.3 Å². The van der Waals surface area contributed by atoms with Crippen molar-refractivity contribution in [2.24, 2.45) is 11.8 Å². The van der Waals surface area contributed by atoms with Crippen molar-refractivity contribution >= 4 is 11.8 Å². The van der Waals surface area contributed by atoms with E-state index in [2.05, 4.69) is 0 Å². The number of allylic oxidation sites excluding steroid dienone is 1. The van der Waals surface area contributed by atoms with Gasteiger partial charge in [-0.2, -0.15) is 0 Å². The van der Waals surface area contributed by atoms with Gasteiger partial charge in [0, 0.05) is 18.8 Å². The number of carbonyl (C=O) groups is 2. The fourth-order valence-electron chi connectivity index (χ4n) is 3.59. The van der Waals surface area contributed by atoms with Crippen molar-refractivity contribution in [3.8, 4) is 0 Å². The molecular weight excluding hydrogens is 360 g/mol. The monoisotopic (exact) mass is 388 g/mol. The Kier molecular flexibility index (Phi) is 8.33. The molecule has 0 spiro atoms. The van der Waals surface area contributed by atoms with Gasteiger partial charge in [-0.3, -0.25) is 9.59 Å². The van der Waals surface area contributed by atoms with Gasteiger partial charge in [0.1, 0.15) is 30.2 Å². The number of hydrogen-bond donors (Lipinski definition) is 5. The number of ketones is 1. The lowest BCUT2D eigenvalue weighted by Gasteiger charge is -2.39. The first-order chi connectivity index (χ1) is 12.8. The number of ether oxygens (including phenoxy) is 2. The molecule has 154 valence electrons. The van der Waals surface area contributed by atoms with Crippen molar-refractivity contribution in [2.75, 3.05) is 13.2 Å². The van der Waals surface area contributed by atoms with Crippen LogP contribution < -0.4 is 0 Å². The minimum atomic E-state index is -1.48. The summed E-state index contributed by atoms with van der Waals surface area (Å²) < 4.78 is 10.6. The summed E-state index contributed by atoms with van der Waals surface area (Å²) in [7, 11) is 0. The van der Waals surface area contributed by atoms with E-state index in [9.17, 15) is 24.9 Å². The summed E-state index contributed by atoms with van der Waals surface area (Å²) in [5.74, 6) is -1.17. The zero-order valence-corrected chi connectivity index (χ0v) is 15.0. The average molecular weight is 388 g/mol. The van der Waals surface area contributed by atoms with Crippen LogP contribution in [0, 0.1) is 11.8 Å². The van der Waals surface area contributed by atoms with Gasteiger partial charge in [-0.15, -0.1) is 0 Å². The van der Waals surface area contributed by atoms with Gasteiger partial charge in [0.15, 0.2) is 6.29 Å². The molecule has 7 atom stereocenters. The smallest absolute Gasteiger partial charge is 0.303 e. The lowest BCUT2D eigenvalue weighted by molar-refractivity contribution is -0.300. The largest absolute Gasteiger partial charge is 0.481 e. The van der Waals surface area contributed by atoms with Crippen LogP contribution in [0.4, 0.5) is 0 Å². The predicted octanol–water partition coefficient (Wildman–Crippen LogP) is -0.791. The van der Waals surface area contributed by atoms with Gasteiger partial charge in [-0.05, 0) is 25.2 Å². The lowest BCUT2D eigenvalue weighted by atomic mass is 9.89. The Balaban J connectivity index is 1.73. The third-order valence-electron chi connectivity index (χ3n) is 5.15.